The lowest BCUT2D eigenvalue weighted by atomic mass is 9.82. The molecular formula is C14H22. The summed E-state index contributed by atoms with van der Waals surface area (Å²) >= 11 is 0. The van der Waals surface area contributed by atoms with Gasteiger partial charge >= 0.3 is 0 Å². The van der Waals surface area contributed by atoms with Gasteiger partial charge in [0, 0.05) is 0 Å². The Bertz CT molecular complexity index is 278. The summed E-state index contributed by atoms with van der Waals surface area (Å²) in [6.07, 6.45) is 3.80. The molecule has 0 fully saturated rings. The Kier molecular flexibility index (Phi) is 3.74. The highest BCUT2D eigenvalue weighted by molar-refractivity contribution is 5.32. The first-order chi connectivity index (χ1) is 6.55. The minimum Gasteiger partial charge on any atom is -0.0654 e. The zero-order valence-electron chi connectivity index (χ0n) is 9.93. The Morgan fingerprint density at radius 1 is 1.07 bits per heavy atom. The molecule has 0 saturated heterocycles. The van der Waals surface area contributed by atoms with Crippen LogP contribution < -0.4 is 0 Å². The van der Waals surface area contributed by atoms with Crippen molar-refractivity contribution in [2.75, 3.05) is 0 Å². The summed E-state index contributed by atoms with van der Waals surface area (Å²) in [5.74, 6) is 0. The molecule has 78 valence electrons. The summed E-state index contributed by atoms with van der Waals surface area (Å²) in [4.78, 5) is 0. The molecule has 0 aromatic heterocycles. The van der Waals surface area contributed by atoms with Crippen molar-refractivity contribution in [3.05, 3.63) is 35.4 Å². The van der Waals surface area contributed by atoms with Crippen LogP contribution in [0.1, 0.15) is 51.7 Å². The van der Waals surface area contributed by atoms with Gasteiger partial charge < -0.3 is 0 Å². The standard InChI is InChI=1S/C14H22/c1-5-6-9-12-10-7-8-11-13(12)14(2,3)4/h7-8,10-11H,5-6,9H2,1-4H3. The van der Waals surface area contributed by atoms with Crippen molar-refractivity contribution in [3.63, 3.8) is 0 Å². The Labute approximate surface area is 88.4 Å². The van der Waals surface area contributed by atoms with Gasteiger partial charge in [-0.05, 0) is 29.4 Å². The molecule has 0 aliphatic carbocycles. The highest BCUT2D eigenvalue weighted by Gasteiger charge is 2.16. The van der Waals surface area contributed by atoms with E-state index in [4.69, 9.17) is 0 Å². The molecule has 0 heterocycles. The smallest absolute Gasteiger partial charge is 0.0129 e. The number of hydrogen-bond acceptors (Lipinski definition) is 0. The molecule has 14 heavy (non-hydrogen) atoms. The zero-order valence-corrected chi connectivity index (χ0v) is 9.93. The number of unbranched alkanes of at least 4 members (excludes halogenated alkanes) is 1. The molecule has 0 N–H and O–H groups in total. The van der Waals surface area contributed by atoms with Gasteiger partial charge in [0.15, 0.2) is 0 Å². The molecule has 0 saturated carbocycles. The zero-order chi connectivity index (χ0) is 10.6. The van der Waals surface area contributed by atoms with Crippen LogP contribution in [0.2, 0.25) is 0 Å². The van der Waals surface area contributed by atoms with Crippen molar-refractivity contribution in [2.45, 2.75) is 52.4 Å². The number of aryl methyl sites for hydroxylation is 1. The molecule has 0 heteroatoms. The van der Waals surface area contributed by atoms with Crippen LogP contribution in [-0.4, -0.2) is 0 Å². The molecule has 0 atom stereocenters. The minimum absolute atomic E-state index is 0.282. The summed E-state index contributed by atoms with van der Waals surface area (Å²) < 4.78 is 0. The number of benzene rings is 1. The SMILES string of the molecule is CCCCc1ccccc1C(C)(C)C. The van der Waals surface area contributed by atoms with Gasteiger partial charge in [-0.3, -0.25) is 0 Å². The van der Waals surface area contributed by atoms with Crippen LogP contribution in [0, 0.1) is 0 Å². The molecule has 1 aromatic carbocycles. The number of hydrogen-bond donors (Lipinski definition) is 0. The fourth-order valence-corrected chi connectivity index (χ4v) is 1.84. The van der Waals surface area contributed by atoms with Gasteiger partial charge in [-0.25, -0.2) is 0 Å². The highest BCUT2D eigenvalue weighted by atomic mass is 14.2. The molecular weight excluding hydrogens is 168 g/mol. The molecule has 0 unspecified atom stereocenters. The van der Waals surface area contributed by atoms with E-state index in [2.05, 4.69) is 52.0 Å². The summed E-state index contributed by atoms with van der Waals surface area (Å²) in [6, 6.07) is 8.84. The second kappa shape index (κ2) is 4.63. The third kappa shape index (κ3) is 2.87. The van der Waals surface area contributed by atoms with E-state index in [1.807, 2.05) is 0 Å². The quantitative estimate of drug-likeness (QED) is 0.665. The second-order valence-corrected chi connectivity index (χ2v) is 5.01. The van der Waals surface area contributed by atoms with E-state index >= 15 is 0 Å². The molecule has 1 aromatic rings. The molecule has 0 bridgehead atoms. The lowest BCUT2D eigenvalue weighted by Gasteiger charge is -2.22. The third-order valence-corrected chi connectivity index (χ3v) is 2.63. The predicted molar refractivity (Wildman–Crippen MR) is 63.8 cm³/mol. The second-order valence-electron chi connectivity index (χ2n) is 5.01. The largest absolute Gasteiger partial charge is 0.0654 e. The van der Waals surface area contributed by atoms with Crippen molar-refractivity contribution in [3.8, 4) is 0 Å². The van der Waals surface area contributed by atoms with Gasteiger partial charge in [-0.2, -0.15) is 0 Å². The van der Waals surface area contributed by atoms with E-state index in [1.54, 1.807) is 0 Å². The van der Waals surface area contributed by atoms with E-state index in [1.165, 1.54) is 30.4 Å². The summed E-state index contributed by atoms with van der Waals surface area (Å²) in [5.41, 5.74) is 3.32. The van der Waals surface area contributed by atoms with Gasteiger partial charge in [0.25, 0.3) is 0 Å². The molecule has 0 nitrogen and oxygen atoms in total. The van der Waals surface area contributed by atoms with Gasteiger partial charge in [-0.15, -0.1) is 0 Å². The Hall–Kier alpha value is -0.780. The monoisotopic (exact) mass is 190 g/mol. The summed E-state index contributed by atoms with van der Waals surface area (Å²) in [5, 5.41) is 0. The van der Waals surface area contributed by atoms with Crippen molar-refractivity contribution >= 4 is 0 Å². The van der Waals surface area contributed by atoms with Crippen molar-refractivity contribution in [1.29, 1.82) is 0 Å². The van der Waals surface area contributed by atoms with Crippen LogP contribution in [0.3, 0.4) is 0 Å². The molecule has 0 amide bonds. The first-order valence-electron chi connectivity index (χ1n) is 5.64. The average molecular weight is 190 g/mol. The summed E-state index contributed by atoms with van der Waals surface area (Å²) in [6.45, 7) is 9.12. The molecule has 0 spiro atoms. The predicted octanol–water partition coefficient (Wildman–Crippen LogP) is 4.33. The van der Waals surface area contributed by atoms with E-state index in [9.17, 15) is 0 Å². The van der Waals surface area contributed by atoms with E-state index in [0.29, 0.717) is 0 Å². The Morgan fingerprint density at radius 3 is 2.29 bits per heavy atom. The maximum atomic E-state index is 2.29. The van der Waals surface area contributed by atoms with Crippen LogP contribution in [0.25, 0.3) is 0 Å². The van der Waals surface area contributed by atoms with Crippen molar-refractivity contribution in [1.82, 2.24) is 0 Å². The molecule has 0 radical (unpaired) electrons. The number of rotatable bonds is 3. The van der Waals surface area contributed by atoms with Gasteiger partial charge in [0.05, 0.1) is 0 Å². The first kappa shape index (κ1) is 11.3. The van der Waals surface area contributed by atoms with Gasteiger partial charge in [-0.1, -0.05) is 58.4 Å². The van der Waals surface area contributed by atoms with E-state index < -0.39 is 0 Å². The van der Waals surface area contributed by atoms with E-state index in [-0.39, 0.29) is 5.41 Å². The lowest BCUT2D eigenvalue weighted by molar-refractivity contribution is 0.579. The maximum absolute atomic E-state index is 2.29. The minimum atomic E-state index is 0.282. The normalized spacial score (nSPS) is 11.7. The molecule has 0 aliphatic rings. The fraction of sp³-hybridized carbons (Fsp3) is 0.571. The van der Waals surface area contributed by atoms with Gasteiger partial charge in [0.1, 0.15) is 0 Å². The highest BCUT2D eigenvalue weighted by Crippen LogP contribution is 2.26. The Balaban J connectivity index is 2.92. The van der Waals surface area contributed by atoms with E-state index in [0.717, 1.165) is 0 Å². The average Bonchev–Trinajstić information content (AvgIpc) is 2.14. The van der Waals surface area contributed by atoms with Crippen molar-refractivity contribution < 1.29 is 0 Å². The Morgan fingerprint density at radius 2 is 1.71 bits per heavy atom. The van der Waals surface area contributed by atoms with Crippen LogP contribution >= 0.6 is 0 Å². The van der Waals surface area contributed by atoms with Crippen LogP contribution in [0.15, 0.2) is 24.3 Å². The molecule has 1 rings (SSSR count). The third-order valence-electron chi connectivity index (χ3n) is 2.63. The van der Waals surface area contributed by atoms with Gasteiger partial charge in [0.2, 0.25) is 0 Å². The first-order valence-corrected chi connectivity index (χ1v) is 5.64. The fourth-order valence-electron chi connectivity index (χ4n) is 1.84. The van der Waals surface area contributed by atoms with Crippen LogP contribution in [-0.2, 0) is 11.8 Å². The van der Waals surface area contributed by atoms with Crippen LogP contribution in [0.5, 0.6) is 0 Å². The lowest BCUT2D eigenvalue weighted by Crippen LogP contribution is -2.14. The molecule has 0 aliphatic heterocycles. The van der Waals surface area contributed by atoms with Crippen LogP contribution in [0.4, 0.5) is 0 Å². The maximum Gasteiger partial charge on any atom is -0.0129 e. The summed E-state index contributed by atoms with van der Waals surface area (Å²) in [7, 11) is 0. The van der Waals surface area contributed by atoms with Crippen molar-refractivity contribution in [2.24, 2.45) is 0 Å². The topological polar surface area (TPSA) is 0 Å².